The Hall–Kier alpha value is -2.08. The molecule has 0 spiro atoms. The van der Waals surface area contributed by atoms with E-state index in [4.69, 9.17) is 5.73 Å². The van der Waals surface area contributed by atoms with Crippen LogP contribution in [-0.2, 0) is 0 Å². The molecule has 2 aromatic rings. The molecule has 1 aromatic heterocycles. The Morgan fingerprint density at radius 3 is 2.53 bits per heavy atom. The summed E-state index contributed by atoms with van der Waals surface area (Å²) in [6, 6.07) is 6.15. The molecule has 0 bridgehead atoms. The highest BCUT2D eigenvalue weighted by atomic mass is 16.2. The summed E-state index contributed by atoms with van der Waals surface area (Å²) >= 11 is 0. The van der Waals surface area contributed by atoms with Crippen molar-refractivity contribution < 1.29 is 0 Å². The van der Waals surface area contributed by atoms with Crippen molar-refractivity contribution in [1.29, 1.82) is 0 Å². The van der Waals surface area contributed by atoms with Crippen molar-refractivity contribution in [2.45, 2.75) is 31.3 Å². The first kappa shape index (κ1) is 12.0. The SMILES string of the molecule is NC1CCC(Nc2ccc3[nH]c(=O)c(=O)[nH]c3c2)C1. The Morgan fingerprint density at radius 1 is 1.11 bits per heavy atom. The molecule has 1 fully saturated rings. The average Bonchev–Trinajstić information content (AvgIpc) is 2.77. The van der Waals surface area contributed by atoms with Gasteiger partial charge in [-0.05, 0) is 37.5 Å². The Morgan fingerprint density at radius 2 is 1.84 bits per heavy atom. The smallest absolute Gasteiger partial charge is 0.314 e. The molecule has 100 valence electrons. The first-order valence-electron chi connectivity index (χ1n) is 6.40. The lowest BCUT2D eigenvalue weighted by Gasteiger charge is -2.14. The zero-order valence-electron chi connectivity index (χ0n) is 10.4. The molecule has 6 heteroatoms. The number of nitrogens with two attached hydrogens (primary N) is 1. The van der Waals surface area contributed by atoms with Crippen LogP contribution >= 0.6 is 0 Å². The molecule has 0 aliphatic heterocycles. The fourth-order valence-electron chi connectivity index (χ4n) is 2.59. The average molecular weight is 260 g/mol. The van der Waals surface area contributed by atoms with Gasteiger partial charge in [0, 0.05) is 17.8 Å². The number of fused-ring (bicyclic) bond motifs is 1. The van der Waals surface area contributed by atoms with E-state index in [-0.39, 0.29) is 6.04 Å². The van der Waals surface area contributed by atoms with Crippen molar-refractivity contribution >= 4 is 16.7 Å². The minimum Gasteiger partial charge on any atom is -0.382 e. The van der Waals surface area contributed by atoms with Gasteiger partial charge in [0.1, 0.15) is 0 Å². The topological polar surface area (TPSA) is 104 Å². The second-order valence-corrected chi connectivity index (χ2v) is 5.08. The van der Waals surface area contributed by atoms with Crippen molar-refractivity contribution in [2.75, 3.05) is 5.32 Å². The molecular weight excluding hydrogens is 244 g/mol. The third kappa shape index (κ3) is 2.39. The van der Waals surface area contributed by atoms with Gasteiger partial charge >= 0.3 is 11.1 Å². The van der Waals surface area contributed by atoms with Crippen LogP contribution in [0.5, 0.6) is 0 Å². The van der Waals surface area contributed by atoms with E-state index in [0.29, 0.717) is 17.1 Å². The molecule has 0 saturated heterocycles. The molecule has 5 N–H and O–H groups in total. The molecule has 0 radical (unpaired) electrons. The van der Waals surface area contributed by atoms with Crippen LogP contribution in [-0.4, -0.2) is 22.1 Å². The van der Waals surface area contributed by atoms with Crippen LogP contribution in [0.2, 0.25) is 0 Å². The quantitative estimate of drug-likeness (QED) is 0.590. The second-order valence-electron chi connectivity index (χ2n) is 5.08. The first-order valence-corrected chi connectivity index (χ1v) is 6.40. The van der Waals surface area contributed by atoms with Gasteiger partial charge in [-0.25, -0.2) is 0 Å². The monoisotopic (exact) mass is 260 g/mol. The van der Waals surface area contributed by atoms with Crippen LogP contribution in [0.25, 0.3) is 11.0 Å². The summed E-state index contributed by atoms with van der Waals surface area (Å²) in [6.45, 7) is 0. The van der Waals surface area contributed by atoms with Crippen molar-refractivity contribution in [3.05, 3.63) is 38.9 Å². The normalized spacial score (nSPS) is 22.8. The molecule has 1 aliphatic rings. The molecule has 3 rings (SSSR count). The number of rotatable bonds is 2. The maximum absolute atomic E-state index is 11.3. The fourth-order valence-corrected chi connectivity index (χ4v) is 2.59. The van der Waals surface area contributed by atoms with Gasteiger partial charge in [-0.2, -0.15) is 0 Å². The van der Waals surface area contributed by atoms with E-state index in [9.17, 15) is 9.59 Å². The molecule has 1 aliphatic carbocycles. The molecule has 19 heavy (non-hydrogen) atoms. The zero-order chi connectivity index (χ0) is 13.4. The lowest BCUT2D eigenvalue weighted by Crippen LogP contribution is -2.29. The predicted octanol–water partition coefficient (Wildman–Crippen LogP) is 0.508. The number of anilines is 1. The third-order valence-corrected chi connectivity index (χ3v) is 3.57. The molecule has 1 saturated carbocycles. The van der Waals surface area contributed by atoms with Crippen molar-refractivity contribution in [2.24, 2.45) is 5.73 Å². The maximum atomic E-state index is 11.3. The summed E-state index contributed by atoms with van der Waals surface area (Å²) < 4.78 is 0. The van der Waals surface area contributed by atoms with E-state index >= 15 is 0 Å². The predicted molar refractivity (Wildman–Crippen MR) is 74.4 cm³/mol. The minimum absolute atomic E-state index is 0.272. The van der Waals surface area contributed by atoms with E-state index in [1.54, 1.807) is 6.07 Å². The molecule has 0 amide bonds. The van der Waals surface area contributed by atoms with Crippen LogP contribution in [0.3, 0.4) is 0 Å². The molecule has 2 atom stereocenters. The van der Waals surface area contributed by atoms with Gasteiger partial charge in [-0.3, -0.25) is 9.59 Å². The Balaban J connectivity index is 1.91. The van der Waals surface area contributed by atoms with E-state index in [0.717, 1.165) is 24.9 Å². The lowest BCUT2D eigenvalue weighted by molar-refractivity contribution is 0.688. The van der Waals surface area contributed by atoms with E-state index in [1.165, 1.54) is 0 Å². The van der Waals surface area contributed by atoms with Gasteiger partial charge in [0.2, 0.25) is 0 Å². The number of nitrogens with one attached hydrogen (secondary N) is 3. The van der Waals surface area contributed by atoms with Gasteiger partial charge in [-0.1, -0.05) is 0 Å². The molecule has 1 heterocycles. The van der Waals surface area contributed by atoms with Crippen LogP contribution in [0.4, 0.5) is 5.69 Å². The number of hydrogen-bond donors (Lipinski definition) is 4. The largest absolute Gasteiger partial charge is 0.382 e. The van der Waals surface area contributed by atoms with Gasteiger partial charge in [0.15, 0.2) is 0 Å². The second kappa shape index (κ2) is 4.55. The fraction of sp³-hybridized carbons (Fsp3) is 0.385. The summed E-state index contributed by atoms with van der Waals surface area (Å²) in [6.07, 6.45) is 3.05. The van der Waals surface area contributed by atoms with E-state index < -0.39 is 11.1 Å². The third-order valence-electron chi connectivity index (χ3n) is 3.57. The van der Waals surface area contributed by atoms with Gasteiger partial charge in [-0.15, -0.1) is 0 Å². The molecule has 2 unspecified atom stereocenters. The Bertz CT molecular complexity index is 718. The summed E-state index contributed by atoms with van der Waals surface area (Å²) in [5.41, 5.74) is 6.79. The van der Waals surface area contributed by atoms with Crippen molar-refractivity contribution in [1.82, 2.24) is 9.97 Å². The summed E-state index contributed by atoms with van der Waals surface area (Å²) in [4.78, 5) is 27.6. The summed E-state index contributed by atoms with van der Waals surface area (Å²) in [5.74, 6) is 0. The van der Waals surface area contributed by atoms with Gasteiger partial charge in [0.25, 0.3) is 0 Å². The first-order chi connectivity index (χ1) is 9.11. The number of H-pyrrole nitrogens is 2. The number of aromatic amines is 2. The molecule has 6 nitrogen and oxygen atoms in total. The highest BCUT2D eigenvalue weighted by Gasteiger charge is 2.21. The summed E-state index contributed by atoms with van der Waals surface area (Å²) in [5, 5.41) is 3.40. The number of hydrogen-bond acceptors (Lipinski definition) is 4. The standard InChI is InChI=1S/C13H16N4O2/c14-7-1-2-8(5-7)15-9-3-4-10-11(6-9)17-13(19)12(18)16-10/h3-4,6-8,15H,1-2,5,14H2,(H,16,18)(H,17,19). The summed E-state index contributed by atoms with van der Waals surface area (Å²) in [7, 11) is 0. The zero-order valence-corrected chi connectivity index (χ0v) is 10.4. The van der Waals surface area contributed by atoms with Crippen LogP contribution in [0, 0.1) is 0 Å². The Kier molecular flexibility index (Phi) is 2.87. The maximum Gasteiger partial charge on any atom is 0.314 e. The molecule has 1 aromatic carbocycles. The van der Waals surface area contributed by atoms with E-state index in [2.05, 4.69) is 15.3 Å². The number of benzene rings is 1. The van der Waals surface area contributed by atoms with Crippen LogP contribution < -0.4 is 22.2 Å². The number of aromatic nitrogens is 2. The lowest BCUT2D eigenvalue weighted by atomic mass is 10.2. The van der Waals surface area contributed by atoms with Crippen molar-refractivity contribution in [3.63, 3.8) is 0 Å². The van der Waals surface area contributed by atoms with Crippen LogP contribution in [0.1, 0.15) is 19.3 Å². The van der Waals surface area contributed by atoms with Crippen LogP contribution in [0.15, 0.2) is 27.8 Å². The van der Waals surface area contributed by atoms with E-state index in [1.807, 2.05) is 12.1 Å². The molecular formula is C13H16N4O2. The highest BCUT2D eigenvalue weighted by molar-refractivity contribution is 5.78. The highest BCUT2D eigenvalue weighted by Crippen LogP contribution is 2.22. The Labute approximate surface area is 109 Å². The van der Waals surface area contributed by atoms with Gasteiger partial charge in [0.05, 0.1) is 11.0 Å². The van der Waals surface area contributed by atoms with Gasteiger partial charge < -0.3 is 21.0 Å². The minimum atomic E-state index is -0.632. The van der Waals surface area contributed by atoms with Crippen molar-refractivity contribution in [3.8, 4) is 0 Å².